The molecule has 0 saturated heterocycles. The summed E-state index contributed by atoms with van der Waals surface area (Å²) in [5.41, 5.74) is 21.0. The first-order valence-electron chi connectivity index (χ1n) is 30.7. The summed E-state index contributed by atoms with van der Waals surface area (Å²) in [6.45, 7) is 32.9. The average Bonchev–Trinajstić information content (AvgIpc) is 2.44. The fourth-order valence-electron chi connectivity index (χ4n) is 11.7. The van der Waals surface area contributed by atoms with E-state index in [1.165, 1.54) is 79.5 Å². The van der Waals surface area contributed by atoms with Crippen LogP contribution in [0.5, 0.6) is 0 Å². The Labute approximate surface area is 522 Å². The average molecular weight is 1190 g/mol. The van der Waals surface area contributed by atoms with E-state index in [9.17, 15) is 28.8 Å². The Kier molecular flexibility index (Phi) is 25.0. The van der Waals surface area contributed by atoms with Gasteiger partial charge in [-0.15, -0.1) is 0 Å². The third kappa shape index (κ3) is 18.3. The van der Waals surface area contributed by atoms with Crippen molar-refractivity contribution in [3.05, 3.63) is 224 Å². The third-order valence-electron chi connectivity index (χ3n) is 15.9. The van der Waals surface area contributed by atoms with Gasteiger partial charge in [0.1, 0.15) is 0 Å². The van der Waals surface area contributed by atoms with Crippen molar-refractivity contribution in [2.24, 2.45) is 7.05 Å². The molecule has 9 rings (SSSR count). The summed E-state index contributed by atoms with van der Waals surface area (Å²) >= 11 is 0. The highest BCUT2D eigenvalue weighted by molar-refractivity contribution is 6.23. The molecule has 0 spiro atoms. The van der Waals surface area contributed by atoms with Gasteiger partial charge in [0, 0.05) is 83.6 Å². The van der Waals surface area contributed by atoms with E-state index < -0.39 is 0 Å². The molecule has 4 N–H and O–H groups in total. The fraction of sp³-hybridized carbons (Fsp3) is 0.342. The zero-order valence-corrected chi connectivity index (χ0v) is 54.4. The Hall–Kier alpha value is -8.90. The SMILES string of the molecule is C=C(C)/C=C/CCNC(=O)c1c(C)n(C)c2ccc(C)cc12.C=C(C)/C=C/CCNC(=O)c1c(C)n(C2CCCC2)c2ccc(C)cc12.CC(=O)/C=C/CNC(=O)C1=C(C)Cc2cc(C)ccc21.CC(=O)/C=C/CNC(=O)C1=C(C)Cc2ccc(C)cc21. The van der Waals surface area contributed by atoms with E-state index in [1.54, 1.807) is 12.2 Å². The van der Waals surface area contributed by atoms with Gasteiger partial charge in [0.05, 0.1) is 11.1 Å². The van der Waals surface area contributed by atoms with Crippen LogP contribution in [0.1, 0.15) is 163 Å². The van der Waals surface area contributed by atoms with Crippen molar-refractivity contribution >= 4 is 68.1 Å². The van der Waals surface area contributed by atoms with Gasteiger partial charge in [-0.3, -0.25) is 28.8 Å². The molecule has 1 fully saturated rings. The van der Waals surface area contributed by atoms with Crippen LogP contribution in [0.3, 0.4) is 0 Å². The second-order valence-electron chi connectivity index (χ2n) is 23.8. The monoisotopic (exact) mass is 1180 g/mol. The summed E-state index contributed by atoms with van der Waals surface area (Å²) in [4.78, 5) is 71.6. The number of hydrogen-bond acceptors (Lipinski definition) is 6. The van der Waals surface area contributed by atoms with Crippen molar-refractivity contribution in [1.82, 2.24) is 30.4 Å². The van der Waals surface area contributed by atoms with E-state index in [0.717, 1.165) is 120 Å². The minimum atomic E-state index is -0.0710. The second-order valence-corrected chi connectivity index (χ2v) is 23.8. The molecule has 0 unspecified atom stereocenters. The van der Waals surface area contributed by atoms with Gasteiger partial charge >= 0.3 is 0 Å². The molecule has 0 aliphatic heterocycles. The molecule has 462 valence electrons. The molecule has 2 aromatic heterocycles. The number of amides is 4. The van der Waals surface area contributed by atoms with Crippen LogP contribution in [0, 0.1) is 41.5 Å². The molecule has 3 aliphatic rings. The summed E-state index contributed by atoms with van der Waals surface area (Å²) in [5, 5.41) is 13.9. The number of carbonyl (C=O) groups is 6. The first kappa shape index (κ1) is 68.2. The number of allylic oxidation sites excluding steroid dienone is 8. The van der Waals surface area contributed by atoms with E-state index in [1.807, 2.05) is 85.9 Å². The Balaban J connectivity index is 0.000000188. The zero-order valence-electron chi connectivity index (χ0n) is 54.4. The number of ketones is 2. The standard InChI is InChI=1S/C23H30N2O.C19H24N2O.2C17H19NO2/c1-16(2)9-7-8-14-24-23(26)22-18(4)25(19-10-5-6-11-19)21-13-12-17(3)15-20(21)22;1-13(2)8-6-7-11-20-19(22)18-15(4)21(5)17-10-9-14(3)12-16(17)18;1-11-6-7-15-14(9-11)10-12(2)16(15)17(20)18-8-4-5-13(3)19;1-11-6-7-14-10-12(2)16(15(14)9-11)17(20)18-8-4-5-13(3)19/h7,9,12-13,15,19H,1,5-6,8,10-11,14H2,2-4H3,(H,24,26);6,8-10,12H,1,7,11H2,2-5H3,(H,20,22);2*4-7,9H,8,10H2,1-3H3,(H,18,20)/b9-7+;8-6+;2*5-4+. The summed E-state index contributed by atoms with van der Waals surface area (Å²) < 4.78 is 4.49. The summed E-state index contributed by atoms with van der Waals surface area (Å²) in [6, 6.07) is 25.6. The Morgan fingerprint density at radius 1 is 0.489 bits per heavy atom. The van der Waals surface area contributed by atoms with Crippen molar-refractivity contribution in [3.63, 3.8) is 0 Å². The van der Waals surface area contributed by atoms with Gasteiger partial charge < -0.3 is 30.4 Å². The van der Waals surface area contributed by atoms with E-state index in [0.29, 0.717) is 32.2 Å². The minimum absolute atomic E-state index is 0.00238. The first-order chi connectivity index (χ1) is 41.9. The minimum Gasteiger partial charge on any atom is -0.352 e. The normalized spacial score (nSPS) is 13.6. The number of nitrogens with one attached hydrogen (secondary N) is 4. The fourth-order valence-corrected chi connectivity index (χ4v) is 11.7. The first-order valence-corrected chi connectivity index (χ1v) is 30.7. The molecule has 12 nitrogen and oxygen atoms in total. The molecular formula is C76H92N6O6. The number of aryl methyl sites for hydroxylation is 5. The van der Waals surface area contributed by atoms with Gasteiger partial charge in [0.25, 0.3) is 23.6 Å². The number of hydrogen-bond donors (Lipinski definition) is 4. The quantitative estimate of drug-likeness (QED) is 0.0359. The predicted octanol–water partition coefficient (Wildman–Crippen LogP) is 14.8. The van der Waals surface area contributed by atoms with Crippen molar-refractivity contribution in [3.8, 4) is 0 Å². The van der Waals surface area contributed by atoms with Crippen LogP contribution in [0.2, 0.25) is 0 Å². The molecule has 0 radical (unpaired) electrons. The highest BCUT2D eigenvalue weighted by Gasteiger charge is 2.28. The molecule has 1 saturated carbocycles. The molecule has 3 aliphatic carbocycles. The molecule has 0 atom stereocenters. The van der Waals surface area contributed by atoms with Gasteiger partial charge in [-0.05, 0) is 180 Å². The lowest BCUT2D eigenvalue weighted by Crippen LogP contribution is -2.25. The summed E-state index contributed by atoms with van der Waals surface area (Å²) in [6.07, 6.45) is 22.6. The summed E-state index contributed by atoms with van der Waals surface area (Å²) in [5.74, 6) is -0.137. The highest BCUT2D eigenvalue weighted by Crippen LogP contribution is 2.38. The lowest BCUT2D eigenvalue weighted by atomic mass is 10.0. The number of nitrogens with zero attached hydrogens (tertiary/aromatic N) is 2. The lowest BCUT2D eigenvalue weighted by Gasteiger charge is -2.16. The lowest BCUT2D eigenvalue weighted by molar-refractivity contribution is -0.116. The van der Waals surface area contributed by atoms with Crippen LogP contribution in [0.15, 0.2) is 157 Å². The largest absolute Gasteiger partial charge is 0.352 e. The number of carbonyl (C=O) groups excluding carboxylic acids is 6. The van der Waals surface area contributed by atoms with Gasteiger partial charge in [-0.2, -0.15) is 0 Å². The molecule has 4 amide bonds. The molecule has 4 aromatic carbocycles. The van der Waals surface area contributed by atoms with Crippen LogP contribution in [0.25, 0.3) is 33.0 Å². The molecule has 2 heterocycles. The van der Waals surface area contributed by atoms with Crippen molar-refractivity contribution in [2.75, 3.05) is 26.2 Å². The topological polar surface area (TPSA) is 160 Å². The smallest absolute Gasteiger partial charge is 0.253 e. The third-order valence-corrected chi connectivity index (χ3v) is 15.9. The molecular weight excluding hydrogens is 1090 g/mol. The molecule has 6 aromatic rings. The van der Waals surface area contributed by atoms with Gasteiger partial charge in [0.15, 0.2) is 11.6 Å². The van der Waals surface area contributed by atoms with Crippen molar-refractivity contribution < 1.29 is 28.8 Å². The number of aromatic nitrogens is 2. The zero-order chi connectivity index (χ0) is 64.4. The van der Waals surface area contributed by atoms with E-state index in [2.05, 4.69) is 131 Å². The van der Waals surface area contributed by atoms with Gasteiger partial charge in [0.2, 0.25) is 0 Å². The molecule has 0 bridgehead atoms. The Bertz CT molecular complexity index is 3840. The Morgan fingerprint density at radius 2 is 0.932 bits per heavy atom. The number of fused-ring (bicyclic) bond motifs is 4. The molecule has 88 heavy (non-hydrogen) atoms. The van der Waals surface area contributed by atoms with Gasteiger partial charge in [-0.25, -0.2) is 0 Å². The number of rotatable bonds is 19. The van der Waals surface area contributed by atoms with Crippen LogP contribution in [0.4, 0.5) is 0 Å². The number of benzene rings is 4. The molecule has 12 heteroatoms. The van der Waals surface area contributed by atoms with Crippen LogP contribution < -0.4 is 21.3 Å². The summed E-state index contributed by atoms with van der Waals surface area (Å²) in [7, 11) is 2.00. The predicted molar refractivity (Wildman–Crippen MR) is 364 cm³/mol. The second kappa shape index (κ2) is 32.2. The maximum atomic E-state index is 12.9. The van der Waals surface area contributed by atoms with E-state index in [-0.39, 0.29) is 35.2 Å². The van der Waals surface area contributed by atoms with E-state index >= 15 is 0 Å². The van der Waals surface area contributed by atoms with Crippen molar-refractivity contribution in [1.29, 1.82) is 0 Å². The maximum Gasteiger partial charge on any atom is 0.253 e. The van der Waals surface area contributed by atoms with Crippen molar-refractivity contribution in [2.45, 2.75) is 140 Å². The maximum absolute atomic E-state index is 12.9. The Morgan fingerprint density at radius 3 is 1.45 bits per heavy atom. The van der Waals surface area contributed by atoms with Crippen LogP contribution in [-0.2, 0) is 39.1 Å². The van der Waals surface area contributed by atoms with E-state index in [4.69, 9.17) is 0 Å². The van der Waals surface area contributed by atoms with Crippen LogP contribution >= 0.6 is 0 Å². The van der Waals surface area contributed by atoms with Gasteiger partial charge in [-0.1, -0.05) is 156 Å². The van der Waals surface area contributed by atoms with Crippen LogP contribution in [-0.4, -0.2) is 70.5 Å². The highest BCUT2D eigenvalue weighted by atomic mass is 16.2.